The highest BCUT2D eigenvalue weighted by atomic mass is 16.6. The van der Waals surface area contributed by atoms with Gasteiger partial charge in [0.25, 0.3) is 0 Å². The standard InChI is InChI=1S/C16H19N7O4/c17-13-10-14(21-7-20-13)23(15-12(26)11(25)9(6-24)27-15)16(22-10)19-5-8-2-1-3-18-4-8/h1-4,7,9,11-12,15,24-26H,5-6H2,(H,19,22)(H2,17,20,21)/t9-,11-,12-,15-/m1/s1. The average molecular weight is 373 g/mol. The number of nitrogens with zero attached hydrogens (tertiary/aromatic N) is 5. The topological polar surface area (TPSA) is 164 Å². The number of hydrogen-bond donors (Lipinski definition) is 5. The van der Waals surface area contributed by atoms with Crippen LogP contribution in [0.2, 0.25) is 0 Å². The van der Waals surface area contributed by atoms with Crippen LogP contribution in [0.15, 0.2) is 30.9 Å². The lowest BCUT2D eigenvalue weighted by molar-refractivity contribution is -0.0501. The Kier molecular flexibility index (Phi) is 4.58. The van der Waals surface area contributed by atoms with Crippen LogP contribution in [0, 0.1) is 0 Å². The Labute approximate surface area is 153 Å². The molecule has 3 aromatic rings. The number of anilines is 2. The van der Waals surface area contributed by atoms with Gasteiger partial charge in [0.1, 0.15) is 24.6 Å². The van der Waals surface area contributed by atoms with Gasteiger partial charge in [-0.2, -0.15) is 0 Å². The maximum Gasteiger partial charge on any atom is 0.207 e. The smallest absolute Gasteiger partial charge is 0.207 e. The first-order chi connectivity index (χ1) is 13.1. The number of fused-ring (bicyclic) bond motifs is 1. The number of ether oxygens (including phenoxy) is 1. The molecule has 0 saturated carbocycles. The molecule has 0 spiro atoms. The van der Waals surface area contributed by atoms with Gasteiger partial charge in [-0.05, 0) is 11.6 Å². The molecule has 4 atom stereocenters. The minimum absolute atomic E-state index is 0.176. The van der Waals surface area contributed by atoms with Crippen molar-refractivity contribution < 1.29 is 20.1 Å². The molecule has 1 saturated heterocycles. The molecule has 11 heteroatoms. The van der Waals surface area contributed by atoms with Crippen molar-refractivity contribution in [3.8, 4) is 0 Å². The van der Waals surface area contributed by atoms with E-state index in [0.29, 0.717) is 23.7 Å². The normalized spacial score (nSPS) is 25.1. The van der Waals surface area contributed by atoms with E-state index in [1.807, 2.05) is 12.1 Å². The number of hydrogen-bond acceptors (Lipinski definition) is 10. The molecule has 1 aliphatic rings. The molecule has 1 fully saturated rings. The van der Waals surface area contributed by atoms with Crippen LogP contribution in [0.25, 0.3) is 11.2 Å². The van der Waals surface area contributed by atoms with Crippen LogP contribution >= 0.6 is 0 Å². The molecule has 4 heterocycles. The number of aromatic nitrogens is 5. The molecule has 0 amide bonds. The van der Waals surface area contributed by atoms with Gasteiger partial charge < -0.3 is 31.1 Å². The Balaban J connectivity index is 1.74. The highest BCUT2D eigenvalue weighted by Crippen LogP contribution is 2.35. The van der Waals surface area contributed by atoms with Crippen LogP contribution in [-0.4, -0.2) is 64.7 Å². The summed E-state index contributed by atoms with van der Waals surface area (Å²) in [7, 11) is 0. The fourth-order valence-electron chi connectivity index (χ4n) is 3.07. The SMILES string of the molecule is Nc1ncnc2c1nc(NCc1cccnc1)n2[C@@H]1O[C@H](CO)[C@@H](O)[C@H]1O. The third-order valence-electron chi connectivity index (χ3n) is 4.45. The van der Waals surface area contributed by atoms with Crippen LogP contribution < -0.4 is 11.1 Å². The fourth-order valence-corrected chi connectivity index (χ4v) is 3.07. The summed E-state index contributed by atoms with van der Waals surface area (Å²) < 4.78 is 7.15. The van der Waals surface area contributed by atoms with Gasteiger partial charge in [-0.15, -0.1) is 0 Å². The van der Waals surface area contributed by atoms with Crippen molar-refractivity contribution in [2.45, 2.75) is 31.1 Å². The van der Waals surface area contributed by atoms with E-state index in [1.54, 1.807) is 12.4 Å². The largest absolute Gasteiger partial charge is 0.394 e. The number of aliphatic hydroxyl groups is 3. The molecular formula is C16H19N7O4. The summed E-state index contributed by atoms with van der Waals surface area (Å²) in [5.41, 5.74) is 7.49. The van der Waals surface area contributed by atoms with Crippen molar-refractivity contribution in [3.05, 3.63) is 36.4 Å². The van der Waals surface area contributed by atoms with Crippen LogP contribution in [0.3, 0.4) is 0 Å². The zero-order chi connectivity index (χ0) is 19.0. The molecule has 0 aliphatic carbocycles. The van der Waals surface area contributed by atoms with E-state index in [-0.39, 0.29) is 5.82 Å². The number of nitrogens with one attached hydrogen (secondary N) is 1. The van der Waals surface area contributed by atoms with Crippen LogP contribution in [-0.2, 0) is 11.3 Å². The predicted octanol–water partition coefficient (Wildman–Crippen LogP) is -0.973. The monoisotopic (exact) mass is 373 g/mol. The van der Waals surface area contributed by atoms with Crippen molar-refractivity contribution in [3.63, 3.8) is 0 Å². The first-order valence-corrected chi connectivity index (χ1v) is 8.33. The maximum atomic E-state index is 10.4. The van der Waals surface area contributed by atoms with Crippen molar-refractivity contribution in [2.24, 2.45) is 0 Å². The molecule has 1 aliphatic heterocycles. The third-order valence-corrected chi connectivity index (χ3v) is 4.45. The number of rotatable bonds is 5. The van der Waals surface area contributed by atoms with Crippen molar-refractivity contribution in [2.75, 3.05) is 17.7 Å². The molecule has 0 unspecified atom stereocenters. The maximum absolute atomic E-state index is 10.4. The summed E-state index contributed by atoms with van der Waals surface area (Å²) in [6.45, 7) is -0.0315. The zero-order valence-corrected chi connectivity index (χ0v) is 14.2. The number of pyridine rings is 1. The van der Waals surface area contributed by atoms with E-state index in [2.05, 4.69) is 25.3 Å². The van der Waals surface area contributed by atoms with Gasteiger partial charge in [0.2, 0.25) is 5.95 Å². The lowest BCUT2D eigenvalue weighted by atomic mass is 10.1. The Morgan fingerprint density at radius 3 is 2.81 bits per heavy atom. The van der Waals surface area contributed by atoms with Gasteiger partial charge in [0.15, 0.2) is 23.2 Å². The van der Waals surface area contributed by atoms with Gasteiger partial charge in [-0.1, -0.05) is 6.07 Å². The molecule has 3 aromatic heterocycles. The number of aliphatic hydroxyl groups excluding tert-OH is 3. The fraction of sp³-hybridized carbons (Fsp3) is 0.375. The van der Waals surface area contributed by atoms with E-state index >= 15 is 0 Å². The second-order valence-electron chi connectivity index (χ2n) is 6.18. The molecule has 0 aromatic carbocycles. The third kappa shape index (κ3) is 3.06. The number of nitrogens with two attached hydrogens (primary N) is 1. The molecule has 27 heavy (non-hydrogen) atoms. The van der Waals surface area contributed by atoms with E-state index in [4.69, 9.17) is 10.5 Å². The predicted molar refractivity (Wildman–Crippen MR) is 94.3 cm³/mol. The first kappa shape index (κ1) is 17.5. The van der Waals surface area contributed by atoms with E-state index in [1.165, 1.54) is 10.9 Å². The minimum Gasteiger partial charge on any atom is -0.394 e. The van der Waals surface area contributed by atoms with Gasteiger partial charge >= 0.3 is 0 Å². The van der Waals surface area contributed by atoms with Gasteiger partial charge in [0.05, 0.1) is 6.61 Å². The summed E-state index contributed by atoms with van der Waals surface area (Å²) in [6.07, 6.45) is 0.203. The van der Waals surface area contributed by atoms with Gasteiger partial charge in [0, 0.05) is 18.9 Å². The summed E-state index contributed by atoms with van der Waals surface area (Å²) in [5.74, 6) is 0.505. The van der Waals surface area contributed by atoms with E-state index in [0.717, 1.165) is 5.56 Å². The first-order valence-electron chi connectivity index (χ1n) is 8.33. The second-order valence-corrected chi connectivity index (χ2v) is 6.18. The minimum atomic E-state index is -1.28. The Morgan fingerprint density at radius 1 is 1.26 bits per heavy atom. The van der Waals surface area contributed by atoms with Gasteiger partial charge in [-0.25, -0.2) is 15.0 Å². The van der Waals surface area contributed by atoms with Crippen molar-refractivity contribution >= 4 is 22.9 Å². The van der Waals surface area contributed by atoms with Crippen LogP contribution in [0.1, 0.15) is 11.8 Å². The van der Waals surface area contributed by atoms with Gasteiger partial charge in [-0.3, -0.25) is 9.55 Å². The summed E-state index contributed by atoms with van der Waals surface area (Å²) in [4.78, 5) is 16.6. The molecule has 0 bridgehead atoms. The molecular weight excluding hydrogens is 354 g/mol. The Bertz CT molecular complexity index is 935. The zero-order valence-electron chi connectivity index (χ0n) is 14.2. The van der Waals surface area contributed by atoms with E-state index < -0.39 is 31.1 Å². The lowest BCUT2D eigenvalue weighted by Crippen LogP contribution is -2.33. The lowest BCUT2D eigenvalue weighted by Gasteiger charge is -2.19. The average Bonchev–Trinajstić information content (AvgIpc) is 3.19. The molecule has 0 radical (unpaired) electrons. The summed E-state index contributed by atoms with van der Waals surface area (Å²) >= 11 is 0. The molecule has 142 valence electrons. The number of imidazole rings is 1. The summed E-state index contributed by atoms with van der Waals surface area (Å²) in [5, 5.41) is 33.0. The number of nitrogen functional groups attached to an aromatic ring is 1. The molecule has 4 rings (SSSR count). The molecule has 6 N–H and O–H groups in total. The van der Waals surface area contributed by atoms with E-state index in [9.17, 15) is 15.3 Å². The van der Waals surface area contributed by atoms with Crippen molar-refractivity contribution in [1.29, 1.82) is 0 Å². The molecule has 11 nitrogen and oxygen atoms in total. The highest BCUT2D eigenvalue weighted by Gasteiger charge is 2.45. The quantitative estimate of drug-likeness (QED) is 0.375. The summed E-state index contributed by atoms with van der Waals surface area (Å²) in [6, 6.07) is 3.71. The Hall–Kier alpha value is -2.86. The Morgan fingerprint density at radius 2 is 2.11 bits per heavy atom. The second kappa shape index (κ2) is 7.04. The highest BCUT2D eigenvalue weighted by molar-refractivity contribution is 5.84. The van der Waals surface area contributed by atoms with Crippen molar-refractivity contribution in [1.82, 2.24) is 24.5 Å². The van der Waals surface area contributed by atoms with Crippen LogP contribution in [0.4, 0.5) is 11.8 Å². The van der Waals surface area contributed by atoms with Crippen LogP contribution in [0.5, 0.6) is 0 Å².